The number of rotatable bonds is 4. The van der Waals surface area contributed by atoms with Crippen molar-refractivity contribution in [3.05, 3.63) is 35.9 Å². The van der Waals surface area contributed by atoms with E-state index >= 15 is 0 Å². The molecule has 1 atom stereocenters. The van der Waals surface area contributed by atoms with Crippen molar-refractivity contribution in [3.8, 4) is 0 Å². The Morgan fingerprint density at radius 2 is 1.69 bits per heavy atom. The first-order valence-electron chi connectivity index (χ1n) is 9.31. The molecule has 26 heavy (non-hydrogen) atoms. The van der Waals surface area contributed by atoms with E-state index in [9.17, 15) is 4.39 Å². The highest BCUT2D eigenvalue weighted by Crippen LogP contribution is 2.31. The van der Waals surface area contributed by atoms with Gasteiger partial charge in [-0.25, -0.2) is 9.07 Å². The number of aromatic nitrogens is 4. The summed E-state index contributed by atoms with van der Waals surface area (Å²) in [4.78, 5) is 4.55. The SMILES string of the molecule is CC(C)C(c1nnnn1C(C)(C)C)N1CCN(c2ccccc2F)CC1. The van der Waals surface area contributed by atoms with Crippen molar-refractivity contribution in [2.45, 2.75) is 46.2 Å². The molecule has 0 bridgehead atoms. The molecule has 0 radical (unpaired) electrons. The third-order valence-electron chi connectivity index (χ3n) is 4.93. The zero-order valence-electron chi connectivity index (χ0n) is 16.4. The van der Waals surface area contributed by atoms with E-state index in [0.29, 0.717) is 11.6 Å². The molecule has 1 aliphatic heterocycles. The van der Waals surface area contributed by atoms with E-state index in [2.05, 4.69) is 59.9 Å². The average Bonchev–Trinajstić information content (AvgIpc) is 3.05. The lowest BCUT2D eigenvalue weighted by Crippen LogP contribution is -2.49. The van der Waals surface area contributed by atoms with Crippen LogP contribution in [0.4, 0.5) is 10.1 Å². The molecule has 7 heteroatoms. The lowest BCUT2D eigenvalue weighted by molar-refractivity contribution is 0.128. The van der Waals surface area contributed by atoms with E-state index in [-0.39, 0.29) is 17.4 Å². The standard InChI is InChI=1S/C19H29FN6/c1-14(2)17(18-21-22-23-26(18)19(3,4)5)25-12-10-24(11-13-25)16-9-7-6-8-15(16)20/h6-9,14,17H,10-13H2,1-5H3. The Labute approximate surface area is 155 Å². The number of halogens is 1. The first-order chi connectivity index (χ1) is 12.3. The van der Waals surface area contributed by atoms with Crippen LogP contribution in [0.2, 0.25) is 0 Å². The maximum atomic E-state index is 14.1. The second kappa shape index (κ2) is 7.31. The molecule has 1 saturated heterocycles. The lowest BCUT2D eigenvalue weighted by atomic mass is 9.99. The molecule has 1 unspecified atom stereocenters. The van der Waals surface area contributed by atoms with Crippen LogP contribution >= 0.6 is 0 Å². The summed E-state index contributed by atoms with van der Waals surface area (Å²) in [5.74, 6) is 1.13. The highest BCUT2D eigenvalue weighted by Gasteiger charge is 2.34. The molecule has 6 nitrogen and oxygen atoms in total. The molecule has 1 fully saturated rings. The van der Waals surface area contributed by atoms with Crippen LogP contribution in [0.25, 0.3) is 0 Å². The van der Waals surface area contributed by atoms with Crippen LogP contribution < -0.4 is 4.90 Å². The van der Waals surface area contributed by atoms with Gasteiger partial charge in [-0.3, -0.25) is 4.90 Å². The normalized spacial score (nSPS) is 17.7. The lowest BCUT2D eigenvalue weighted by Gasteiger charge is -2.41. The van der Waals surface area contributed by atoms with Crippen molar-refractivity contribution in [1.29, 1.82) is 0 Å². The van der Waals surface area contributed by atoms with Crippen molar-refractivity contribution < 1.29 is 4.39 Å². The van der Waals surface area contributed by atoms with Crippen LogP contribution in [0.3, 0.4) is 0 Å². The van der Waals surface area contributed by atoms with Crippen LogP contribution in [0.1, 0.15) is 46.5 Å². The molecule has 0 N–H and O–H groups in total. The zero-order valence-corrected chi connectivity index (χ0v) is 16.4. The second-order valence-electron chi connectivity index (χ2n) is 8.28. The van der Waals surface area contributed by atoms with E-state index in [0.717, 1.165) is 32.0 Å². The summed E-state index contributed by atoms with van der Waals surface area (Å²) in [7, 11) is 0. The van der Waals surface area contributed by atoms with Crippen molar-refractivity contribution in [1.82, 2.24) is 25.1 Å². The highest BCUT2D eigenvalue weighted by molar-refractivity contribution is 5.48. The van der Waals surface area contributed by atoms with E-state index < -0.39 is 0 Å². The molecule has 2 aromatic rings. The summed E-state index contributed by atoms with van der Waals surface area (Å²) in [6, 6.07) is 7.14. The maximum absolute atomic E-state index is 14.1. The van der Waals surface area contributed by atoms with Crippen molar-refractivity contribution in [2.75, 3.05) is 31.1 Å². The van der Waals surface area contributed by atoms with E-state index in [1.807, 2.05) is 16.8 Å². The van der Waals surface area contributed by atoms with Crippen molar-refractivity contribution in [3.63, 3.8) is 0 Å². The number of anilines is 1. The van der Waals surface area contributed by atoms with Gasteiger partial charge in [-0.05, 0) is 49.2 Å². The van der Waals surface area contributed by atoms with Crippen LogP contribution in [-0.2, 0) is 5.54 Å². The molecule has 0 amide bonds. The van der Waals surface area contributed by atoms with E-state index in [1.54, 1.807) is 6.07 Å². The summed E-state index contributed by atoms with van der Waals surface area (Å²) in [5.41, 5.74) is 0.522. The fourth-order valence-electron chi connectivity index (χ4n) is 3.69. The minimum absolute atomic E-state index is 0.145. The van der Waals surface area contributed by atoms with Gasteiger partial charge < -0.3 is 4.90 Å². The molecule has 1 aromatic heterocycles. The predicted octanol–water partition coefficient (Wildman–Crippen LogP) is 3.09. The first kappa shape index (κ1) is 18.8. The van der Waals surface area contributed by atoms with Gasteiger partial charge in [-0.15, -0.1) is 5.10 Å². The molecule has 2 heterocycles. The topological polar surface area (TPSA) is 50.1 Å². The fraction of sp³-hybridized carbons (Fsp3) is 0.632. The second-order valence-corrected chi connectivity index (χ2v) is 8.28. The number of hydrogen-bond donors (Lipinski definition) is 0. The van der Waals surface area contributed by atoms with Gasteiger partial charge >= 0.3 is 0 Å². The predicted molar refractivity (Wildman–Crippen MR) is 101 cm³/mol. The third kappa shape index (κ3) is 3.72. The average molecular weight is 360 g/mol. The minimum atomic E-state index is -0.166. The van der Waals surface area contributed by atoms with Gasteiger partial charge in [0.25, 0.3) is 0 Å². The van der Waals surface area contributed by atoms with Gasteiger partial charge in [0.1, 0.15) is 5.82 Å². The van der Waals surface area contributed by atoms with Crippen LogP contribution in [-0.4, -0.2) is 51.3 Å². The Morgan fingerprint density at radius 3 is 2.27 bits per heavy atom. The first-order valence-corrected chi connectivity index (χ1v) is 9.31. The van der Waals surface area contributed by atoms with Gasteiger partial charge in [-0.1, -0.05) is 26.0 Å². The summed E-state index contributed by atoms with van der Waals surface area (Å²) >= 11 is 0. The Balaban J connectivity index is 1.78. The van der Waals surface area contributed by atoms with Crippen LogP contribution in [0.15, 0.2) is 24.3 Å². The van der Waals surface area contributed by atoms with Crippen molar-refractivity contribution >= 4 is 5.69 Å². The van der Waals surface area contributed by atoms with Crippen LogP contribution in [0.5, 0.6) is 0 Å². The molecule has 0 spiro atoms. The Hall–Kier alpha value is -2.02. The van der Waals surface area contributed by atoms with E-state index in [4.69, 9.17) is 0 Å². The Morgan fingerprint density at radius 1 is 1.04 bits per heavy atom. The van der Waals surface area contributed by atoms with E-state index in [1.165, 1.54) is 6.07 Å². The summed E-state index contributed by atoms with van der Waals surface area (Å²) in [5, 5.41) is 12.5. The van der Waals surface area contributed by atoms with Gasteiger partial charge in [0.2, 0.25) is 0 Å². The third-order valence-corrected chi connectivity index (χ3v) is 4.93. The number of benzene rings is 1. The Bertz CT molecular complexity index is 728. The molecule has 3 rings (SSSR count). The Kier molecular flexibility index (Phi) is 5.27. The van der Waals surface area contributed by atoms with Gasteiger partial charge in [0.15, 0.2) is 5.82 Å². The summed E-state index contributed by atoms with van der Waals surface area (Å²) in [6.45, 7) is 14.0. The number of piperazine rings is 1. The van der Waals surface area contributed by atoms with Gasteiger partial charge in [-0.2, -0.15) is 0 Å². The molecule has 0 aliphatic carbocycles. The zero-order chi connectivity index (χ0) is 18.9. The molecular formula is C19H29FN6. The largest absolute Gasteiger partial charge is 0.367 e. The van der Waals surface area contributed by atoms with Crippen molar-refractivity contribution in [2.24, 2.45) is 5.92 Å². The van der Waals surface area contributed by atoms with Crippen LogP contribution in [0, 0.1) is 11.7 Å². The highest BCUT2D eigenvalue weighted by atomic mass is 19.1. The summed E-state index contributed by atoms with van der Waals surface area (Å²) in [6.07, 6.45) is 0. The van der Waals surface area contributed by atoms with Gasteiger partial charge in [0, 0.05) is 26.2 Å². The molecule has 142 valence electrons. The molecule has 1 aromatic carbocycles. The number of hydrogen-bond acceptors (Lipinski definition) is 5. The molecule has 1 aliphatic rings. The molecule has 0 saturated carbocycles. The fourth-order valence-corrected chi connectivity index (χ4v) is 3.69. The smallest absolute Gasteiger partial charge is 0.169 e. The quantitative estimate of drug-likeness (QED) is 0.839. The van der Waals surface area contributed by atoms with Gasteiger partial charge in [0.05, 0.1) is 17.3 Å². The number of para-hydroxylation sites is 1. The number of tetrazole rings is 1. The number of nitrogens with zero attached hydrogens (tertiary/aromatic N) is 6. The monoisotopic (exact) mass is 360 g/mol. The summed E-state index contributed by atoms with van der Waals surface area (Å²) < 4.78 is 16.0. The maximum Gasteiger partial charge on any atom is 0.169 e. The minimum Gasteiger partial charge on any atom is -0.367 e. The molecular weight excluding hydrogens is 331 g/mol.